The van der Waals surface area contributed by atoms with Gasteiger partial charge in [0.1, 0.15) is 15.6 Å². The zero-order valence-electron chi connectivity index (χ0n) is 9.51. The summed E-state index contributed by atoms with van der Waals surface area (Å²) in [5, 5.41) is -0.964. The molecule has 0 spiro atoms. The standard InChI is InChI=1S/C9H12BrNO5S/c1-9(2)5(8(13)16-3)11-6(12)4(10)7(11)17(9,14)15/h4-5,7H,1-3H3/t4-,5+,7-/m1/s1. The smallest absolute Gasteiger partial charge is 0.330 e. The van der Waals surface area contributed by atoms with Crippen molar-refractivity contribution < 1.29 is 22.7 Å². The minimum atomic E-state index is -3.59. The second-order valence-corrected chi connectivity index (χ2v) is 8.22. The number of sulfone groups is 1. The van der Waals surface area contributed by atoms with E-state index >= 15 is 0 Å². The highest BCUT2D eigenvalue weighted by Gasteiger charge is 2.71. The van der Waals surface area contributed by atoms with Crippen LogP contribution in [0.25, 0.3) is 0 Å². The first-order chi connectivity index (χ1) is 7.67. The first-order valence-corrected chi connectivity index (χ1v) is 7.41. The third kappa shape index (κ3) is 1.28. The van der Waals surface area contributed by atoms with Crippen LogP contribution in [0.1, 0.15) is 13.8 Å². The average molecular weight is 326 g/mol. The topological polar surface area (TPSA) is 80.8 Å². The summed E-state index contributed by atoms with van der Waals surface area (Å²) in [5.41, 5.74) is 0. The van der Waals surface area contributed by atoms with Crippen molar-refractivity contribution in [3.05, 3.63) is 0 Å². The number of hydrogen-bond acceptors (Lipinski definition) is 5. The molecule has 2 rings (SSSR count). The molecule has 2 aliphatic heterocycles. The Morgan fingerprint density at radius 1 is 1.47 bits per heavy atom. The zero-order valence-corrected chi connectivity index (χ0v) is 11.9. The summed E-state index contributed by atoms with van der Waals surface area (Å²) in [6.07, 6.45) is 0. The van der Waals surface area contributed by atoms with Crippen LogP contribution in [0.3, 0.4) is 0 Å². The molecule has 8 heteroatoms. The Bertz CT molecular complexity index is 500. The fourth-order valence-electron chi connectivity index (χ4n) is 2.34. The second kappa shape index (κ2) is 3.44. The van der Waals surface area contributed by atoms with Crippen LogP contribution in [-0.4, -0.2) is 53.3 Å². The highest BCUT2D eigenvalue weighted by Crippen LogP contribution is 2.48. The molecule has 17 heavy (non-hydrogen) atoms. The van der Waals surface area contributed by atoms with Gasteiger partial charge < -0.3 is 9.64 Å². The van der Waals surface area contributed by atoms with Gasteiger partial charge in [-0.1, -0.05) is 15.9 Å². The predicted molar refractivity (Wildman–Crippen MR) is 62.2 cm³/mol. The molecule has 6 nitrogen and oxygen atoms in total. The molecule has 0 radical (unpaired) electrons. The van der Waals surface area contributed by atoms with Crippen molar-refractivity contribution >= 4 is 37.6 Å². The Hall–Kier alpha value is -0.630. The van der Waals surface area contributed by atoms with Crippen LogP contribution in [0.15, 0.2) is 0 Å². The lowest BCUT2D eigenvalue weighted by molar-refractivity contribution is -0.158. The average Bonchev–Trinajstić information content (AvgIpc) is 2.40. The maximum absolute atomic E-state index is 12.2. The number of methoxy groups -OCH3 is 1. The molecule has 3 atom stereocenters. The number of amides is 1. The van der Waals surface area contributed by atoms with E-state index in [4.69, 9.17) is 0 Å². The van der Waals surface area contributed by atoms with Crippen LogP contribution in [0.2, 0.25) is 0 Å². The van der Waals surface area contributed by atoms with E-state index in [2.05, 4.69) is 20.7 Å². The molecule has 0 N–H and O–H groups in total. The van der Waals surface area contributed by atoms with Gasteiger partial charge in [-0.05, 0) is 13.8 Å². The molecule has 0 saturated carbocycles. The Kier molecular flexibility index (Phi) is 2.59. The zero-order chi connectivity index (χ0) is 13.2. The van der Waals surface area contributed by atoms with E-state index in [1.54, 1.807) is 0 Å². The normalized spacial score (nSPS) is 37.3. The van der Waals surface area contributed by atoms with Crippen molar-refractivity contribution in [3.63, 3.8) is 0 Å². The van der Waals surface area contributed by atoms with E-state index in [1.165, 1.54) is 21.0 Å². The summed E-state index contributed by atoms with van der Waals surface area (Å²) in [4.78, 5) is 23.7. The van der Waals surface area contributed by atoms with Crippen molar-refractivity contribution in [1.82, 2.24) is 4.90 Å². The Morgan fingerprint density at radius 2 is 2.00 bits per heavy atom. The number of hydrogen-bond donors (Lipinski definition) is 0. The summed E-state index contributed by atoms with van der Waals surface area (Å²) in [5.74, 6) is -1.09. The number of ether oxygens (including phenoxy) is 1. The lowest BCUT2D eigenvalue weighted by Crippen LogP contribution is -2.64. The molecule has 2 fully saturated rings. The van der Waals surface area contributed by atoms with E-state index in [0.29, 0.717) is 0 Å². The van der Waals surface area contributed by atoms with Crippen molar-refractivity contribution in [2.75, 3.05) is 7.11 Å². The number of β-lactam (4-membered cyclic amide) rings is 1. The molecular formula is C9H12BrNO5S. The monoisotopic (exact) mass is 325 g/mol. The highest BCUT2D eigenvalue weighted by atomic mass is 79.9. The molecule has 96 valence electrons. The van der Waals surface area contributed by atoms with Gasteiger partial charge in [0, 0.05) is 0 Å². The van der Waals surface area contributed by atoms with Crippen molar-refractivity contribution in [2.45, 2.75) is 34.8 Å². The quantitative estimate of drug-likeness (QED) is 0.374. The van der Waals surface area contributed by atoms with E-state index in [9.17, 15) is 18.0 Å². The van der Waals surface area contributed by atoms with Gasteiger partial charge in [-0.25, -0.2) is 13.2 Å². The molecule has 0 aliphatic carbocycles. The van der Waals surface area contributed by atoms with E-state index in [0.717, 1.165) is 4.90 Å². The SMILES string of the molecule is COC(=O)[C@@H]1N2C(=O)[C@@H](Br)[C@H]2S(=O)(=O)C1(C)C. The number of halogens is 1. The van der Waals surface area contributed by atoms with Gasteiger partial charge in [-0.2, -0.15) is 0 Å². The van der Waals surface area contributed by atoms with Gasteiger partial charge in [-0.15, -0.1) is 0 Å². The van der Waals surface area contributed by atoms with Crippen LogP contribution in [0.5, 0.6) is 0 Å². The van der Waals surface area contributed by atoms with Crippen LogP contribution in [0.4, 0.5) is 0 Å². The first kappa shape index (κ1) is 12.8. The fourth-order valence-corrected chi connectivity index (χ4v) is 5.78. The van der Waals surface area contributed by atoms with Crippen molar-refractivity contribution in [2.24, 2.45) is 0 Å². The number of alkyl halides is 1. The number of rotatable bonds is 1. The lowest BCUT2D eigenvalue weighted by Gasteiger charge is -2.39. The molecule has 0 aromatic heterocycles. The minimum Gasteiger partial charge on any atom is -0.467 e. The molecule has 0 aromatic rings. The lowest BCUT2D eigenvalue weighted by atomic mass is 9.98. The summed E-state index contributed by atoms with van der Waals surface area (Å²) in [7, 11) is -2.42. The molecule has 0 bridgehead atoms. The van der Waals surface area contributed by atoms with Gasteiger partial charge in [0.25, 0.3) is 0 Å². The molecule has 2 heterocycles. The van der Waals surface area contributed by atoms with Gasteiger partial charge >= 0.3 is 5.97 Å². The third-order valence-electron chi connectivity index (χ3n) is 3.43. The van der Waals surface area contributed by atoms with Gasteiger partial charge in [-0.3, -0.25) is 4.79 Å². The maximum atomic E-state index is 12.2. The summed E-state index contributed by atoms with van der Waals surface area (Å²) in [6, 6.07) is -1.07. The third-order valence-corrected chi connectivity index (χ3v) is 7.49. The number of nitrogens with zero attached hydrogens (tertiary/aromatic N) is 1. The molecule has 1 amide bonds. The molecule has 2 saturated heterocycles. The second-order valence-electron chi connectivity index (χ2n) is 4.61. The van der Waals surface area contributed by atoms with Crippen LogP contribution in [0, 0.1) is 0 Å². The van der Waals surface area contributed by atoms with E-state index in [1.807, 2.05) is 0 Å². The number of carbonyl (C=O) groups is 2. The molecule has 0 aromatic carbocycles. The Labute approximate surface area is 107 Å². The van der Waals surface area contributed by atoms with E-state index < -0.39 is 36.8 Å². The fraction of sp³-hybridized carbons (Fsp3) is 0.778. The van der Waals surface area contributed by atoms with Crippen LogP contribution in [-0.2, 0) is 24.2 Å². The Morgan fingerprint density at radius 3 is 2.47 bits per heavy atom. The van der Waals surface area contributed by atoms with E-state index in [-0.39, 0.29) is 5.91 Å². The van der Waals surface area contributed by atoms with Gasteiger partial charge in [0.15, 0.2) is 15.2 Å². The number of esters is 1. The van der Waals surface area contributed by atoms with Crippen LogP contribution < -0.4 is 0 Å². The minimum absolute atomic E-state index is 0.389. The van der Waals surface area contributed by atoms with Gasteiger partial charge in [0.05, 0.1) is 7.11 Å². The summed E-state index contributed by atoms with van der Waals surface area (Å²) < 4.78 is 27.7. The molecular weight excluding hydrogens is 314 g/mol. The van der Waals surface area contributed by atoms with Crippen molar-refractivity contribution in [3.8, 4) is 0 Å². The van der Waals surface area contributed by atoms with Crippen LogP contribution >= 0.6 is 15.9 Å². The maximum Gasteiger partial charge on any atom is 0.330 e. The number of carbonyl (C=O) groups excluding carboxylic acids is 2. The van der Waals surface area contributed by atoms with Crippen molar-refractivity contribution in [1.29, 1.82) is 0 Å². The van der Waals surface area contributed by atoms with Gasteiger partial charge in [0.2, 0.25) is 5.91 Å². The molecule has 0 unspecified atom stereocenters. The number of fused-ring (bicyclic) bond motifs is 1. The molecule has 2 aliphatic rings. The summed E-state index contributed by atoms with van der Waals surface area (Å²) in [6.45, 7) is 2.88. The predicted octanol–water partition coefficient (Wildman–Crippen LogP) is -0.333. The highest BCUT2D eigenvalue weighted by molar-refractivity contribution is 9.10. The first-order valence-electron chi connectivity index (χ1n) is 4.95. The largest absolute Gasteiger partial charge is 0.467 e. The Balaban J connectivity index is 2.55. The summed E-state index contributed by atoms with van der Waals surface area (Å²) >= 11 is 3.04.